The first-order chi connectivity index (χ1) is 9.65. The van der Waals surface area contributed by atoms with Crippen molar-refractivity contribution in [2.45, 2.75) is 51.1 Å². The van der Waals surface area contributed by atoms with Crippen LogP contribution in [0.15, 0.2) is 30.3 Å². The smallest absolute Gasteiger partial charge is 0.222 e. The summed E-state index contributed by atoms with van der Waals surface area (Å²) in [5.74, 6) is -0.105. The number of benzene rings is 1. The quantitative estimate of drug-likeness (QED) is 0.865. The predicted molar refractivity (Wildman–Crippen MR) is 78.0 cm³/mol. The lowest BCUT2D eigenvalue weighted by Gasteiger charge is -2.19. The van der Waals surface area contributed by atoms with E-state index in [1.54, 1.807) is 0 Å². The minimum absolute atomic E-state index is 0.0134. The molecule has 0 unspecified atom stereocenters. The lowest BCUT2D eigenvalue weighted by molar-refractivity contribution is -0.123. The van der Waals surface area contributed by atoms with Gasteiger partial charge in [0.2, 0.25) is 11.8 Å². The first-order valence-electron chi connectivity index (χ1n) is 7.26. The Hall–Kier alpha value is -1.84. The molecule has 2 amide bonds. The number of carbonyl (C=O) groups excluding carboxylic acids is 2. The molecule has 2 rings (SSSR count). The Morgan fingerprint density at radius 1 is 1.20 bits per heavy atom. The van der Waals surface area contributed by atoms with Gasteiger partial charge in [-0.15, -0.1) is 0 Å². The van der Waals surface area contributed by atoms with Gasteiger partial charge in [-0.3, -0.25) is 9.59 Å². The molecule has 0 spiro atoms. The maximum absolute atomic E-state index is 12.1. The zero-order valence-electron chi connectivity index (χ0n) is 11.9. The Balaban J connectivity index is 1.96. The zero-order valence-corrected chi connectivity index (χ0v) is 11.9. The molecule has 108 valence electrons. The van der Waals surface area contributed by atoms with E-state index >= 15 is 0 Å². The van der Waals surface area contributed by atoms with Crippen molar-refractivity contribution in [3.05, 3.63) is 35.9 Å². The molecule has 4 heteroatoms. The monoisotopic (exact) mass is 274 g/mol. The van der Waals surface area contributed by atoms with Crippen LogP contribution >= 0.6 is 0 Å². The van der Waals surface area contributed by atoms with Crippen LogP contribution in [0.2, 0.25) is 0 Å². The molecule has 4 nitrogen and oxygen atoms in total. The highest BCUT2D eigenvalue weighted by atomic mass is 16.2. The largest absolute Gasteiger partial charge is 0.353 e. The number of carbonyl (C=O) groups is 2. The SMILES string of the molecule is CC(=O)N[C@@H](CC(=O)NC1CCCC1)c1ccccc1. The zero-order chi connectivity index (χ0) is 14.4. The van der Waals surface area contributed by atoms with Gasteiger partial charge in [-0.05, 0) is 18.4 Å². The van der Waals surface area contributed by atoms with Crippen molar-refractivity contribution in [1.29, 1.82) is 0 Å². The molecule has 2 N–H and O–H groups in total. The van der Waals surface area contributed by atoms with E-state index in [9.17, 15) is 9.59 Å². The first-order valence-corrected chi connectivity index (χ1v) is 7.26. The van der Waals surface area contributed by atoms with E-state index in [4.69, 9.17) is 0 Å². The molecular weight excluding hydrogens is 252 g/mol. The molecule has 0 aliphatic heterocycles. The summed E-state index contributed by atoms with van der Waals surface area (Å²) in [6.07, 6.45) is 4.82. The molecule has 1 aromatic carbocycles. The van der Waals surface area contributed by atoms with Gasteiger partial charge in [-0.25, -0.2) is 0 Å². The van der Waals surface area contributed by atoms with Crippen LogP contribution in [0.4, 0.5) is 0 Å². The van der Waals surface area contributed by atoms with Crippen LogP contribution in [0.25, 0.3) is 0 Å². The molecule has 1 aromatic rings. The third-order valence-corrected chi connectivity index (χ3v) is 3.69. The molecule has 20 heavy (non-hydrogen) atoms. The second-order valence-electron chi connectivity index (χ2n) is 5.42. The molecule has 1 saturated carbocycles. The minimum Gasteiger partial charge on any atom is -0.353 e. The summed E-state index contributed by atoms with van der Waals surface area (Å²) in [5, 5.41) is 5.91. The average molecular weight is 274 g/mol. The van der Waals surface area contributed by atoms with Crippen LogP contribution in [0, 0.1) is 0 Å². The van der Waals surface area contributed by atoms with E-state index in [2.05, 4.69) is 10.6 Å². The third-order valence-electron chi connectivity index (χ3n) is 3.69. The van der Waals surface area contributed by atoms with Crippen LogP contribution in [0.1, 0.15) is 50.6 Å². The minimum atomic E-state index is -0.255. The van der Waals surface area contributed by atoms with Crippen LogP contribution in [-0.2, 0) is 9.59 Å². The molecule has 1 fully saturated rings. The lowest BCUT2D eigenvalue weighted by atomic mass is 10.0. The second-order valence-corrected chi connectivity index (χ2v) is 5.42. The van der Waals surface area contributed by atoms with E-state index in [0.717, 1.165) is 18.4 Å². The van der Waals surface area contributed by atoms with Gasteiger partial charge in [-0.1, -0.05) is 43.2 Å². The van der Waals surface area contributed by atoms with Crippen molar-refractivity contribution in [1.82, 2.24) is 10.6 Å². The summed E-state index contributed by atoms with van der Waals surface area (Å²) >= 11 is 0. The van der Waals surface area contributed by atoms with E-state index in [0.29, 0.717) is 12.5 Å². The highest BCUT2D eigenvalue weighted by molar-refractivity contribution is 5.79. The molecule has 0 saturated heterocycles. The highest BCUT2D eigenvalue weighted by Gasteiger charge is 2.21. The molecular formula is C16H22N2O2. The Morgan fingerprint density at radius 2 is 1.85 bits per heavy atom. The van der Waals surface area contributed by atoms with Crippen LogP contribution in [0.5, 0.6) is 0 Å². The topological polar surface area (TPSA) is 58.2 Å². The van der Waals surface area contributed by atoms with Crippen LogP contribution < -0.4 is 10.6 Å². The average Bonchev–Trinajstić information content (AvgIpc) is 2.91. The van der Waals surface area contributed by atoms with Gasteiger partial charge in [0, 0.05) is 13.0 Å². The summed E-state index contributed by atoms with van der Waals surface area (Å²) in [7, 11) is 0. The van der Waals surface area contributed by atoms with Gasteiger partial charge in [0.05, 0.1) is 12.5 Å². The van der Waals surface area contributed by atoms with Crippen molar-refractivity contribution >= 4 is 11.8 Å². The van der Waals surface area contributed by atoms with E-state index in [1.165, 1.54) is 19.8 Å². The summed E-state index contributed by atoms with van der Waals surface area (Å²) in [4.78, 5) is 23.4. The highest BCUT2D eigenvalue weighted by Crippen LogP contribution is 2.20. The predicted octanol–water partition coefficient (Wildman–Crippen LogP) is 2.31. The standard InChI is InChI=1S/C16H22N2O2/c1-12(19)17-15(13-7-3-2-4-8-13)11-16(20)18-14-9-5-6-10-14/h2-4,7-8,14-15H,5-6,9-11H2,1H3,(H,17,19)(H,18,20)/t15-/m0/s1. The summed E-state index contributed by atoms with van der Waals surface area (Å²) < 4.78 is 0. The molecule has 1 aliphatic carbocycles. The van der Waals surface area contributed by atoms with Gasteiger partial charge in [-0.2, -0.15) is 0 Å². The van der Waals surface area contributed by atoms with E-state index < -0.39 is 0 Å². The van der Waals surface area contributed by atoms with Crippen molar-refractivity contribution < 1.29 is 9.59 Å². The van der Waals surface area contributed by atoms with Gasteiger partial charge >= 0.3 is 0 Å². The fourth-order valence-electron chi connectivity index (χ4n) is 2.73. The van der Waals surface area contributed by atoms with Crippen LogP contribution in [0.3, 0.4) is 0 Å². The first kappa shape index (κ1) is 14.6. The summed E-state index contributed by atoms with van der Waals surface area (Å²) in [6.45, 7) is 1.48. The van der Waals surface area contributed by atoms with Gasteiger partial charge in [0.15, 0.2) is 0 Å². The van der Waals surface area contributed by atoms with E-state index in [1.807, 2.05) is 30.3 Å². The molecule has 0 aromatic heterocycles. The van der Waals surface area contributed by atoms with Gasteiger partial charge in [0.1, 0.15) is 0 Å². The van der Waals surface area contributed by atoms with E-state index in [-0.39, 0.29) is 17.9 Å². The fraction of sp³-hybridized carbons (Fsp3) is 0.500. The Labute approximate surface area is 119 Å². The maximum atomic E-state index is 12.1. The molecule has 0 heterocycles. The summed E-state index contributed by atoms with van der Waals surface area (Å²) in [5.41, 5.74) is 0.962. The third kappa shape index (κ3) is 4.37. The molecule has 0 radical (unpaired) electrons. The number of amides is 2. The number of hydrogen-bond acceptors (Lipinski definition) is 2. The Morgan fingerprint density at radius 3 is 2.45 bits per heavy atom. The Kier molecular flexibility index (Phi) is 5.16. The second kappa shape index (κ2) is 7.08. The maximum Gasteiger partial charge on any atom is 0.222 e. The summed E-state index contributed by atoms with van der Waals surface area (Å²) in [6, 6.07) is 9.68. The number of rotatable bonds is 5. The van der Waals surface area contributed by atoms with Crippen molar-refractivity contribution in [3.8, 4) is 0 Å². The van der Waals surface area contributed by atoms with Gasteiger partial charge < -0.3 is 10.6 Å². The number of nitrogens with one attached hydrogen (secondary N) is 2. The normalized spacial score (nSPS) is 16.6. The molecule has 1 aliphatic rings. The van der Waals surface area contributed by atoms with Gasteiger partial charge in [0.25, 0.3) is 0 Å². The lowest BCUT2D eigenvalue weighted by Crippen LogP contribution is -2.36. The fourth-order valence-corrected chi connectivity index (χ4v) is 2.73. The van der Waals surface area contributed by atoms with Crippen molar-refractivity contribution in [2.24, 2.45) is 0 Å². The van der Waals surface area contributed by atoms with Crippen molar-refractivity contribution in [2.75, 3.05) is 0 Å². The van der Waals surface area contributed by atoms with Crippen LogP contribution in [-0.4, -0.2) is 17.9 Å². The number of hydrogen-bond donors (Lipinski definition) is 2. The molecule has 0 bridgehead atoms. The molecule has 1 atom stereocenters. The van der Waals surface area contributed by atoms with Crippen molar-refractivity contribution in [3.63, 3.8) is 0 Å². The Bertz CT molecular complexity index is 453.